The molecule has 174 valence electrons. The van der Waals surface area contributed by atoms with E-state index in [-0.39, 0.29) is 25.2 Å². The molecule has 31 heavy (non-hydrogen) atoms. The van der Waals surface area contributed by atoms with Gasteiger partial charge >= 0.3 is 23.9 Å². The van der Waals surface area contributed by atoms with Gasteiger partial charge in [-0.25, -0.2) is 0 Å². The monoisotopic (exact) mass is 438 g/mol. The largest absolute Gasteiger partial charge is 0.462 e. The van der Waals surface area contributed by atoms with Crippen molar-refractivity contribution in [3.63, 3.8) is 0 Å². The molecule has 0 aromatic carbocycles. The van der Waals surface area contributed by atoms with Crippen molar-refractivity contribution in [3.8, 4) is 0 Å². The number of carbonyl (C=O) groups is 4. The highest BCUT2D eigenvalue weighted by atomic mass is 16.6. The first-order valence-electron chi connectivity index (χ1n) is 10.0. The summed E-state index contributed by atoms with van der Waals surface area (Å²) in [6.07, 6.45) is 4.96. The lowest BCUT2D eigenvalue weighted by Gasteiger charge is -2.20. The van der Waals surface area contributed by atoms with E-state index in [1.165, 1.54) is 27.7 Å². The minimum atomic E-state index is -0.574. The number of ether oxygens (including phenoxy) is 4. The van der Waals surface area contributed by atoms with E-state index in [0.29, 0.717) is 18.4 Å². The van der Waals surface area contributed by atoms with Gasteiger partial charge in [0.15, 0.2) is 0 Å². The first-order chi connectivity index (χ1) is 14.4. The summed E-state index contributed by atoms with van der Waals surface area (Å²) < 4.78 is 20.7. The van der Waals surface area contributed by atoms with Gasteiger partial charge in [0.25, 0.3) is 0 Å². The zero-order valence-corrected chi connectivity index (χ0v) is 19.5. The zero-order chi connectivity index (χ0) is 24.0. The smallest absolute Gasteiger partial charge is 0.303 e. The Balaban J connectivity index is 5.41. The highest BCUT2D eigenvalue weighted by Crippen LogP contribution is 2.18. The molecule has 2 unspecified atom stereocenters. The second kappa shape index (κ2) is 15.0. The van der Waals surface area contributed by atoms with E-state index in [2.05, 4.69) is 0 Å². The maximum absolute atomic E-state index is 11.6. The van der Waals surface area contributed by atoms with Crippen LogP contribution in [-0.2, 0) is 38.1 Å². The molecule has 0 aromatic rings. The number of hydrogen-bond acceptors (Lipinski definition) is 8. The molecule has 0 amide bonds. The van der Waals surface area contributed by atoms with E-state index >= 15 is 0 Å². The molecule has 0 spiro atoms. The Morgan fingerprint density at radius 2 is 1.29 bits per heavy atom. The summed E-state index contributed by atoms with van der Waals surface area (Å²) in [7, 11) is 0. The van der Waals surface area contributed by atoms with Crippen molar-refractivity contribution < 1.29 is 38.1 Å². The predicted octanol–water partition coefficient (Wildman–Crippen LogP) is 3.60. The van der Waals surface area contributed by atoms with Gasteiger partial charge < -0.3 is 18.9 Å². The van der Waals surface area contributed by atoms with E-state index in [1.54, 1.807) is 19.1 Å². The summed E-state index contributed by atoms with van der Waals surface area (Å²) in [5, 5.41) is 0. The molecule has 0 saturated carbocycles. The fraction of sp³-hybridized carbons (Fsp3) is 0.565. The van der Waals surface area contributed by atoms with Crippen molar-refractivity contribution in [1.29, 1.82) is 0 Å². The number of esters is 4. The second-order valence-electron chi connectivity index (χ2n) is 7.28. The third kappa shape index (κ3) is 15.6. The molecule has 0 heterocycles. The molecule has 0 aliphatic rings. The first-order valence-corrected chi connectivity index (χ1v) is 10.0. The number of carbonyl (C=O) groups excluding carboxylic acids is 4. The van der Waals surface area contributed by atoms with E-state index in [0.717, 1.165) is 11.1 Å². The van der Waals surface area contributed by atoms with Gasteiger partial charge in [-0.05, 0) is 44.1 Å². The molecule has 8 heteroatoms. The summed E-state index contributed by atoms with van der Waals surface area (Å²) in [6, 6.07) is 0. The molecule has 0 saturated heterocycles. The van der Waals surface area contributed by atoms with Gasteiger partial charge in [0.2, 0.25) is 0 Å². The molecule has 2 atom stereocenters. The van der Waals surface area contributed by atoms with Crippen molar-refractivity contribution in [1.82, 2.24) is 0 Å². The second-order valence-corrected chi connectivity index (χ2v) is 7.28. The van der Waals surface area contributed by atoms with Crippen LogP contribution in [0.5, 0.6) is 0 Å². The molecule has 8 nitrogen and oxygen atoms in total. The molecule has 0 aliphatic heterocycles. The van der Waals surface area contributed by atoms with Crippen LogP contribution < -0.4 is 0 Å². The van der Waals surface area contributed by atoms with E-state index in [4.69, 9.17) is 18.9 Å². The Kier molecular flexibility index (Phi) is 13.6. The Bertz CT molecular complexity index is 730. The van der Waals surface area contributed by atoms with Gasteiger partial charge in [0, 0.05) is 40.5 Å². The first kappa shape index (κ1) is 28.1. The quantitative estimate of drug-likeness (QED) is 0.259. The number of rotatable bonds is 12. The third-order valence-electron chi connectivity index (χ3n) is 4.01. The Hall–Kier alpha value is -2.90. The lowest BCUT2D eigenvalue weighted by atomic mass is 10.0. The summed E-state index contributed by atoms with van der Waals surface area (Å²) in [5.74, 6) is -1.63. The van der Waals surface area contributed by atoms with E-state index in [1.807, 2.05) is 19.9 Å². The van der Waals surface area contributed by atoms with E-state index in [9.17, 15) is 19.2 Å². The van der Waals surface area contributed by atoms with Crippen molar-refractivity contribution in [2.45, 2.75) is 73.5 Å². The molecular weight excluding hydrogens is 404 g/mol. The van der Waals surface area contributed by atoms with Gasteiger partial charge in [-0.2, -0.15) is 0 Å². The van der Waals surface area contributed by atoms with Crippen LogP contribution >= 0.6 is 0 Å². The summed E-state index contributed by atoms with van der Waals surface area (Å²) in [6.45, 7) is 11.0. The molecular formula is C23H34O8. The molecule has 0 N–H and O–H groups in total. The SMILES string of the molecule is CC(=O)OCC=C(C)CC(C=C(C)C(CC=C(C)COC(C)=O)OC(C)=O)OC(C)=O. The van der Waals surface area contributed by atoms with Crippen molar-refractivity contribution in [3.05, 3.63) is 34.9 Å². The average Bonchev–Trinajstić information content (AvgIpc) is 2.61. The van der Waals surface area contributed by atoms with Crippen molar-refractivity contribution in [2.75, 3.05) is 13.2 Å². The summed E-state index contributed by atoms with van der Waals surface area (Å²) >= 11 is 0. The van der Waals surface area contributed by atoms with Crippen LogP contribution in [0.3, 0.4) is 0 Å². The topological polar surface area (TPSA) is 105 Å². The summed E-state index contributed by atoms with van der Waals surface area (Å²) in [5.41, 5.74) is 2.41. The highest BCUT2D eigenvalue weighted by molar-refractivity contribution is 5.67. The van der Waals surface area contributed by atoms with Gasteiger partial charge in [0.05, 0.1) is 0 Å². The minimum Gasteiger partial charge on any atom is -0.462 e. The van der Waals surface area contributed by atoms with Gasteiger partial charge in [-0.3, -0.25) is 19.2 Å². The molecule has 0 aromatic heterocycles. The van der Waals surface area contributed by atoms with E-state index < -0.39 is 24.1 Å². The van der Waals surface area contributed by atoms with Crippen molar-refractivity contribution >= 4 is 23.9 Å². The molecule has 0 fully saturated rings. The lowest BCUT2D eigenvalue weighted by molar-refractivity contribution is -0.146. The van der Waals surface area contributed by atoms with Crippen LogP contribution in [0.25, 0.3) is 0 Å². The van der Waals surface area contributed by atoms with Crippen LogP contribution in [0.1, 0.15) is 61.3 Å². The molecule has 0 aliphatic carbocycles. The lowest BCUT2D eigenvalue weighted by Crippen LogP contribution is -2.21. The normalized spacial score (nSPS) is 14.4. The molecule has 0 rings (SSSR count). The van der Waals surface area contributed by atoms with Crippen LogP contribution in [0.2, 0.25) is 0 Å². The Morgan fingerprint density at radius 3 is 1.81 bits per heavy atom. The van der Waals surface area contributed by atoms with Gasteiger partial charge in [0.1, 0.15) is 25.4 Å². The van der Waals surface area contributed by atoms with Gasteiger partial charge in [-0.15, -0.1) is 0 Å². The van der Waals surface area contributed by atoms with Crippen LogP contribution in [0.4, 0.5) is 0 Å². The van der Waals surface area contributed by atoms with Crippen LogP contribution in [-0.4, -0.2) is 49.3 Å². The van der Waals surface area contributed by atoms with Gasteiger partial charge in [-0.1, -0.05) is 11.6 Å². The fourth-order valence-corrected chi connectivity index (χ4v) is 2.56. The zero-order valence-electron chi connectivity index (χ0n) is 19.5. The molecule has 0 radical (unpaired) electrons. The summed E-state index contributed by atoms with van der Waals surface area (Å²) in [4.78, 5) is 44.9. The highest BCUT2D eigenvalue weighted by Gasteiger charge is 2.17. The predicted molar refractivity (Wildman–Crippen MR) is 115 cm³/mol. The maximum Gasteiger partial charge on any atom is 0.303 e. The average molecular weight is 439 g/mol. The standard InChI is InChI=1S/C23H34O8/c1-15(10-11-28-18(4)24)12-22(30-20(6)26)13-17(3)23(31-21(7)27)9-8-16(2)14-29-19(5)25/h8,10,13,22-23H,9,11-12,14H2,1-7H3. The van der Waals surface area contributed by atoms with Crippen LogP contribution in [0, 0.1) is 0 Å². The maximum atomic E-state index is 11.6. The Labute approximate surface area is 184 Å². The minimum absolute atomic E-state index is 0.138. The fourth-order valence-electron chi connectivity index (χ4n) is 2.56. The van der Waals surface area contributed by atoms with Crippen LogP contribution in [0.15, 0.2) is 34.9 Å². The third-order valence-corrected chi connectivity index (χ3v) is 4.01. The molecule has 0 bridgehead atoms. The Morgan fingerprint density at radius 1 is 0.710 bits per heavy atom. The number of hydrogen-bond donors (Lipinski definition) is 0. The van der Waals surface area contributed by atoms with Crippen molar-refractivity contribution in [2.24, 2.45) is 0 Å².